The number of aromatic nitrogens is 2. The minimum absolute atomic E-state index is 0.115. The summed E-state index contributed by atoms with van der Waals surface area (Å²) >= 11 is 0. The molecular formula is C57H40N2. The van der Waals surface area contributed by atoms with E-state index in [4.69, 9.17) is 9.97 Å². The zero-order valence-electron chi connectivity index (χ0n) is 33.0. The fraction of sp³-hybridized carbons (Fsp3) is 0.0526. The monoisotopic (exact) mass is 752 g/mol. The summed E-state index contributed by atoms with van der Waals surface area (Å²) < 4.78 is 0. The first kappa shape index (κ1) is 34.8. The van der Waals surface area contributed by atoms with Gasteiger partial charge in [-0.1, -0.05) is 190 Å². The highest BCUT2D eigenvalue weighted by atomic mass is 14.9. The predicted octanol–water partition coefficient (Wildman–Crippen LogP) is 15.1. The smallest absolute Gasteiger partial charge is 0.160 e. The van der Waals surface area contributed by atoms with Crippen molar-refractivity contribution in [1.29, 1.82) is 0 Å². The first-order valence-electron chi connectivity index (χ1n) is 20.4. The summed E-state index contributed by atoms with van der Waals surface area (Å²) in [5, 5.41) is 4.94. The van der Waals surface area contributed by atoms with Gasteiger partial charge in [0.05, 0.1) is 11.4 Å². The fourth-order valence-corrected chi connectivity index (χ4v) is 9.15. The van der Waals surface area contributed by atoms with E-state index in [-0.39, 0.29) is 5.41 Å². The molecule has 0 fully saturated rings. The average Bonchev–Trinajstić information content (AvgIpc) is 3.52. The third-order valence-electron chi connectivity index (χ3n) is 12.3. The van der Waals surface area contributed by atoms with Gasteiger partial charge >= 0.3 is 0 Å². The standard InChI is InChI=1S/C57H40N2/c1-57(2)52-35-45(28-29-49(52)51-33-43-18-9-10-19-44(43)34-53(51)57)46-30-31-50(48-23-12-11-22-47(46)48)55-36-54(58-56(59-55)40-16-7-4-8-17-40)39-26-24-38(25-27-39)42-21-13-20-41(32-42)37-14-5-3-6-15-37/h3-36H,1-2H3. The molecule has 11 rings (SSSR count). The Bertz CT molecular complexity index is 3220. The zero-order valence-corrected chi connectivity index (χ0v) is 33.0. The molecule has 0 saturated heterocycles. The Labute approximate surface area is 345 Å². The van der Waals surface area contributed by atoms with E-state index in [0.717, 1.165) is 39.0 Å². The lowest BCUT2D eigenvalue weighted by molar-refractivity contribution is 0.661. The van der Waals surface area contributed by atoms with Crippen LogP contribution < -0.4 is 0 Å². The van der Waals surface area contributed by atoms with Gasteiger partial charge in [0, 0.05) is 22.1 Å². The van der Waals surface area contributed by atoms with Gasteiger partial charge in [0.25, 0.3) is 0 Å². The van der Waals surface area contributed by atoms with Crippen LogP contribution in [0.15, 0.2) is 206 Å². The highest BCUT2D eigenvalue weighted by Gasteiger charge is 2.36. The normalized spacial score (nSPS) is 12.7. The van der Waals surface area contributed by atoms with Crippen molar-refractivity contribution in [2.45, 2.75) is 19.3 Å². The lowest BCUT2D eigenvalue weighted by Crippen LogP contribution is -2.15. The summed E-state index contributed by atoms with van der Waals surface area (Å²) in [4.78, 5) is 10.4. The molecule has 1 aliphatic carbocycles. The summed E-state index contributed by atoms with van der Waals surface area (Å²) in [5.41, 5.74) is 17.4. The Morgan fingerprint density at radius 2 is 0.814 bits per heavy atom. The molecule has 10 aromatic rings. The van der Waals surface area contributed by atoms with E-state index in [0.29, 0.717) is 5.82 Å². The average molecular weight is 753 g/mol. The first-order valence-corrected chi connectivity index (χ1v) is 20.4. The van der Waals surface area contributed by atoms with Crippen molar-refractivity contribution in [3.05, 3.63) is 217 Å². The van der Waals surface area contributed by atoms with Gasteiger partial charge in [0.1, 0.15) is 0 Å². The molecule has 0 saturated carbocycles. The third-order valence-corrected chi connectivity index (χ3v) is 12.3. The van der Waals surface area contributed by atoms with E-state index in [1.165, 1.54) is 66.2 Å². The minimum atomic E-state index is -0.115. The second kappa shape index (κ2) is 13.9. The molecule has 1 aliphatic rings. The largest absolute Gasteiger partial charge is 0.228 e. The SMILES string of the molecule is CC1(C)c2cc(-c3ccc(-c4cc(-c5ccc(-c6cccc(-c7ccccc7)c6)cc5)nc(-c5ccccc5)n4)c4ccccc34)ccc2-c2cc3ccccc3cc21. The Kier molecular flexibility index (Phi) is 8.20. The zero-order chi connectivity index (χ0) is 39.5. The maximum absolute atomic E-state index is 5.26. The summed E-state index contributed by atoms with van der Waals surface area (Å²) in [7, 11) is 0. The van der Waals surface area contributed by atoms with E-state index in [2.05, 4.69) is 202 Å². The lowest BCUT2D eigenvalue weighted by Gasteiger charge is -2.22. The van der Waals surface area contributed by atoms with Crippen LogP contribution in [0.4, 0.5) is 0 Å². The van der Waals surface area contributed by atoms with Crippen LogP contribution in [0.3, 0.4) is 0 Å². The molecule has 0 atom stereocenters. The van der Waals surface area contributed by atoms with Gasteiger partial charge < -0.3 is 0 Å². The van der Waals surface area contributed by atoms with Gasteiger partial charge in [0.2, 0.25) is 0 Å². The number of nitrogens with zero attached hydrogens (tertiary/aromatic N) is 2. The van der Waals surface area contributed by atoms with Gasteiger partial charge in [0.15, 0.2) is 5.82 Å². The number of hydrogen-bond acceptors (Lipinski definition) is 2. The predicted molar refractivity (Wildman–Crippen MR) is 247 cm³/mol. The van der Waals surface area contributed by atoms with Crippen molar-refractivity contribution in [2.75, 3.05) is 0 Å². The molecule has 0 spiro atoms. The van der Waals surface area contributed by atoms with Crippen LogP contribution in [-0.2, 0) is 5.41 Å². The molecule has 0 N–H and O–H groups in total. The van der Waals surface area contributed by atoms with Crippen molar-refractivity contribution < 1.29 is 0 Å². The highest BCUT2D eigenvalue weighted by Crippen LogP contribution is 2.51. The van der Waals surface area contributed by atoms with Gasteiger partial charge in [-0.25, -0.2) is 9.97 Å². The molecule has 278 valence electrons. The minimum Gasteiger partial charge on any atom is -0.228 e. The van der Waals surface area contributed by atoms with Gasteiger partial charge in [-0.3, -0.25) is 0 Å². The van der Waals surface area contributed by atoms with Crippen molar-refractivity contribution in [3.63, 3.8) is 0 Å². The van der Waals surface area contributed by atoms with Crippen LogP contribution in [0.1, 0.15) is 25.0 Å². The molecule has 0 bridgehead atoms. The fourth-order valence-electron chi connectivity index (χ4n) is 9.15. The lowest BCUT2D eigenvalue weighted by atomic mass is 9.81. The van der Waals surface area contributed by atoms with Crippen LogP contribution in [0.25, 0.3) is 100.0 Å². The Hall–Kier alpha value is -7.42. The van der Waals surface area contributed by atoms with E-state index in [1.807, 2.05) is 18.2 Å². The maximum Gasteiger partial charge on any atom is 0.160 e. The number of fused-ring (bicyclic) bond motifs is 5. The Morgan fingerprint density at radius 3 is 1.54 bits per heavy atom. The van der Waals surface area contributed by atoms with Gasteiger partial charge in [-0.2, -0.15) is 0 Å². The molecule has 2 nitrogen and oxygen atoms in total. The second-order valence-corrected chi connectivity index (χ2v) is 16.2. The topological polar surface area (TPSA) is 25.8 Å². The van der Waals surface area contributed by atoms with E-state index in [9.17, 15) is 0 Å². The van der Waals surface area contributed by atoms with E-state index >= 15 is 0 Å². The van der Waals surface area contributed by atoms with Crippen molar-refractivity contribution in [1.82, 2.24) is 9.97 Å². The van der Waals surface area contributed by atoms with E-state index < -0.39 is 0 Å². The molecule has 0 radical (unpaired) electrons. The molecule has 0 aliphatic heterocycles. The van der Waals surface area contributed by atoms with Crippen LogP contribution in [-0.4, -0.2) is 9.97 Å². The van der Waals surface area contributed by atoms with Crippen LogP contribution in [0, 0.1) is 0 Å². The van der Waals surface area contributed by atoms with Gasteiger partial charge in [-0.15, -0.1) is 0 Å². The Morgan fingerprint density at radius 1 is 0.305 bits per heavy atom. The van der Waals surface area contributed by atoms with Gasteiger partial charge in [-0.05, 0) is 108 Å². The molecule has 1 aromatic heterocycles. The summed E-state index contributed by atoms with van der Waals surface area (Å²) in [6, 6.07) is 74.3. The summed E-state index contributed by atoms with van der Waals surface area (Å²) in [5.74, 6) is 0.707. The molecule has 9 aromatic carbocycles. The quantitative estimate of drug-likeness (QED) is 0.169. The maximum atomic E-state index is 5.26. The van der Waals surface area contributed by atoms with Crippen LogP contribution in [0.5, 0.6) is 0 Å². The highest BCUT2D eigenvalue weighted by molar-refractivity contribution is 6.05. The summed E-state index contributed by atoms with van der Waals surface area (Å²) in [6.07, 6.45) is 0. The molecular weight excluding hydrogens is 713 g/mol. The van der Waals surface area contributed by atoms with Crippen molar-refractivity contribution >= 4 is 21.5 Å². The number of rotatable bonds is 6. The van der Waals surface area contributed by atoms with E-state index in [1.54, 1.807) is 0 Å². The molecule has 2 heteroatoms. The molecule has 0 amide bonds. The first-order chi connectivity index (χ1) is 29.0. The molecule has 0 unspecified atom stereocenters. The third kappa shape index (κ3) is 6.04. The van der Waals surface area contributed by atoms with Crippen LogP contribution >= 0.6 is 0 Å². The second-order valence-electron chi connectivity index (χ2n) is 16.2. The Balaban J connectivity index is 0.998. The van der Waals surface area contributed by atoms with Crippen molar-refractivity contribution in [3.8, 4) is 78.4 Å². The molecule has 1 heterocycles. The van der Waals surface area contributed by atoms with Crippen LogP contribution in [0.2, 0.25) is 0 Å². The number of hydrogen-bond donors (Lipinski definition) is 0. The summed E-state index contributed by atoms with van der Waals surface area (Å²) in [6.45, 7) is 4.73. The number of benzene rings is 9. The molecule has 59 heavy (non-hydrogen) atoms. The van der Waals surface area contributed by atoms with Crippen molar-refractivity contribution in [2.24, 2.45) is 0 Å².